The van der Waals surface area contributed by atoms with Crippen molar-refractivity contribution in [2.45, 2.75) is 33.9 Å². The number of hydrogen-bond acceptors (Lipinski definition) is 5. The molecule has 2 rings (SSSR count). The molecule has 0 aromatic carbocycles. The molecule has 0 unspecified atom stereocenters. The summed E-state index contributed by atoms with van der Waals surface area (Å²) in [4.78, 5) is 5.53. The smallest absolute Gasteiger partial charge is 0.195 e. The van der Waals surface area contributed by atoms with Gasteiger partial charge in [0.25, 0.3) is 0 Å². The van der Waals surface area contributed by atoms with Crippen molar-refractivity contribution in [2.24, 2.45) is 5.92 Å². The van der Waals surface area contributed by atoms with E-state index < -0.39 is 0 Å². The van der Waals surface area contributed by atoms with Crippen LogP contribution >= 0.6 is 23.6 Å². The van der Waals surface area contributed by atoms with E-state index in [-0.39, 0.29) is 0 Å². The normalized spacial score (nSPS) is 11.4. The molecule has 0 bridgehead atoms. The summed E-state index contributed by atoms with van der Waals surface area (Å²) in [6.45, 7) is 7.63. The summed E-state index contributed by atoms with van der Waals surface area (Å²) in [5, 5.41) is 8.24. The molecule has 0 atom stereocenters. The zero-order chi connectivity index (χ0) is 14.0. The monoisotopic (exact) mass is 298 g/mol. The van der Waals surface area contributed by atoms with Gasteiger partial charge in [0, 0.05) is 13.7 Å². The summed E-state index contributed by atoms with van der Waals surface area (Å²) in [5.41, 5.74) is 0.920. The second-order valence-corrected chi connectivity index (χ2v) is 6.39. The number of ether oxygens (including phenoxy) is 1. The van der Waals surface area contributed by atoms with Gasteiger partial charge in [0.2, 0.25) is 0 Å². The second kappa shape index (κ2) is 5.94. The number of nitrogens with one attached hydrogen (secondary N) is 1. The van der Waals surface area contributed by atoms with E-state index in [2.05, 4.69) is 29.0 Å². The van der Waals surface area contributed by atoms with Crippen LogP contribution in [0.15, 0.2) is 0 Å². The van der Waals surface area contributed by atoms with Crippen LogP contribution in [0.5, 0.6) is 0 Å². The molecule has 0 saturated heterocycles. The Bertz CT molecular complexity index is 612. The molecule has 7 heteroatoms. The maximum Gasteiger partial charge on any atom is 0.195 e. The van der Waals surface area contributed by atoms with Crippen LogP contribution in [-0.2, 0) is 17.9 Å². The minimum atomic E-state index is 0.487. The van der Waals surface area contributed by atoms with Crippen molar-refractivity contribution in [2.75, 3.05) is 7.11 Å². The highest BCUT2D eigenvalue weighted by Gasteiger charge is 2.17. The number of thiazole rings is 1. The number of nitrogens with zero attached hydrogens (tertiary/aromatic N) is 3. The predicted octanol–water partition coefficient (Wildman–Crippen LogP) is 3.18. The third-order valence-electron chi connectivity index (χ3n) is 2.59. The van der Waals surface area contributed by atoms with Crippen LogP contribution in [0.4, 0.5) is 0 Å². The van der Waals surface area contributed by atoms with Crippen molar-refractivity contribution in [3.05, 3.63) is 15.5 Å². The van der Waals surface area contributed by atoms with Crippen LogP contribution in [0.3, 0.4) is 0 Å². The minimum absolute atomic E-state index is 0.487. The summed E-state index contributed by atoms with van der Waals surface area (Å²) in [7, 11) is 1.67. The van der Waals surface area contributed by atoms with Gasteiger partial charge in [-0.15, -0.1) is 11.3 Å². The first-order valence-corrected chi connectivity index (χ1v) is 7.36. The fourth-order valence-electron chi connectivity index (χ4n) is 1.91. The molecular weight excluding hydrogens is 280 g/mol. The van der Waals surface area contributed by atoms with Crippen LogP contribution in [0.25, 0.3) is 10.7 Å². The molecule has 0 aliphatic heterocycles. The fraction of sp³-hybridized carbons (Fsp3) is 0.583. The van der Waals surface area contributed by atoms with Gasteiger partial charge in [-0.1, -0.05) is 13.8 Å². The Balaban J connectivity index is 2.49. The molecule has 0 fully saturated rings. The number of rotatable bonds is 5. The highest BCUT2D eigenvalue weighted by Crippen LogP contribution is 2.29. The van der Waals surface area contributed by atoms with E-state index >= 15 is 0 Å². The zero-order valence-electron chi connectivity index (χ0n) is 11.6. The summed E-state index contributed by atoms with van der Waals surface area (Å²) >= 11 is 6.93. The molecule has 19 heavy (non-hydrogen) atoms. The molecule has 2 heterocycles. The van der Waals surface area contributed by atoms with Gasteiger partial charge in [0.05, 0.1) is 22.2 Å². The lowest BCUT2D eigenvalue weighted by Crippen LogP contribution is -2.06. The van der Waals surface area contributed by atoms with Gasteiger partial charge in [-0.2, -0.15) is 5.10 Å². The molecular formula is C12H18N4OS2. The Labute approximate surface area is 121 Å². The van der Waals surface area contributed by atoms with Gasteiger partial charge in [-0.25, -0.2) is 4.98 Å². The van der Waals surface area contributed by atoms with Crippen molar-refractivity contribution in [1.29, 1.82) is 0 Å². The third-order valence-corrected chi connectivity index (χ3v) is 3.92. The van der Waals surface area contributed by atoms with E-state index in [0.717, 1.165) is 27.9 Å². The summed E-state index contributed by atoms with van der Waals surface area (Å²) in [5.74, 6) is 1.36. The molecule has 0 aliphatic carbocycles. The summed E-state index contributed by atoms with van der Waals surface area (Å²) < 4.78 is 7.89. The lowest BCUT2D eigenvalue weighted by atomic mass is 10.2. The van der Waals surface area contributed by atoms with Gasteiger partial charge >= 0.3 is 0 Å². The molecule has 2 aromatic rings. The van der Waals surface area contributed by atoms with Crippen LogP contribution in [-0.4, -0.2) is 26.9 Å². The van der Waals surface area contributed by atoms with Crippen LogP contribution in [0.1, 0.15) is 24.5 Å². The molecule has 1 N–H and O–H groups in total. The van der Waals surface area contributed by atoms with Gasteiger partial charge < -0.3 is 4.74 Å². The van der Waals surface area contributed by atoms with Crippen molar-refractivity contribution in [3.8, 4) is 10.7 Å². The quantitative estimate of drug-likeness (QED) is 0.861. The Morgan fingerprint density at radius 2 is 2.21 bits per heavy atom. The largest absolute Gasteiger partial charge is 0.378 e. The Morgan fingerprint density at radius 3 is 2.84 bits per heavy atom. The molecule has 5 nitrogen and oxygen atoms in total. The first-order valence-electron chi connectivity index (χ1n) is 6.13. The number of H-pyrrole nitrogens is 1. The first-order chi connectivity index (χ1) is 9.02. The van der Waals surface area contributed by atoms with Crippen molar-refractivity contribution < 1.29 is 4.74 Å². The molecule has 0 spiro atoms. The average molecular weight is 298 g/mol. The molecule has 2 aromatic heterocycles. The number of aromatic nitrogens is 4. The standard InChI is InChI=1S/C12H18N4OS2/c1-7(2)5-16-11(14-15-12(16)18)10-9(6-17-4)13-8(3)19-10/h7H,5-6H2,1-4H3,(H,15,18). The van der Waals surface area contributed by atoms with Gasteiger partial charge in [-0.3, -0.25) is 9.67 Å². The molecule has 0 radical (unpaired) electrons. The topological polar surface area (TPSA) is 55.7 Å². The number of aryl methyl sites for hydroxylation is 1. The van der Waals surface area contributed by atoms with E-state index in [1.807, 2.05) is 11.5 Å². The van der Waals surface area contributed by atoms with Crippen LogP contribution in [0.2, 0.25) is 0 Å². The van der Waals surface area contributed by atoms with E-state index in [1.54, 1.807) is 18.4 Å². The van der Waals surface area contributed by atoms with Crippen LogP contribution in [0, 0.1) is 17.6 Å². The molecule has 0 aliphatic rings. The Hall–Kier alpha value is -1.05. The van der Waals surface area contributed by atoms with Gasteiger partial charge in [0.1, 0.15) is 0 Å². The number of methoxy groups -OCH3 is 1. The average Bonchev–Trinajstić information content (AvgIpc) is 2.84. The lowest BCUT2D eigenvalue weighted by Gasteiger charge is -2.08. The fourth-order valence-corrected chi connectivity index (χ4v) is 3.03. The highest BCUT2D eigenvalue weighted by atomic mass is 32.1. The summed E-state index contributed by atoms with van der Waals surface area (Å²) in [6, 6.07) is 0. The third kappa shape index (κ3) is 3.10. The molecule has 104 valence electrons. The maximum atomic E-state index is 5.30. The highest BCUT2D eigenvalue weighted by molar-refractivity contribution is 7.71. The van der Waals surface area contributed by atoms with Crippen molar-refractivity contribution in [3.63, 3.8) is 0 Å². The van der Waals surface area contributed by atoms with Crippen LogP contribution < -0.4 is 0 Å². The number of aromatic amines is 1. The predicted molar refractivity (Wildman–Crippen MR) is 78.8 cm³/mol. The molecule has 0 saturated carbocycles. The number of hydrogen-bond donors (Lipinski definition) is 1. The van der Waals surface area contributed by atoms with Crippen molar-refractivity contribution >= 4 is 23.6 Å². The van der Waals surface area contributed by atoms with Gasteiger partial charge in [-0.05, 0) is 25.1 Å². The second-order valence-electron chi connectivity index (χ2n) is 4.80. The minimum Gasteiger partial charge on any atom is -0.378 e. The molecule has 0 amide bonds. The van der Waals surface area contributed by atoms with Crippen molar-refractivity contribution in [1.82, 2.24) is 19.7 Å². The zero-order valence-corrected chi connectivity index (χ0v) is 13.2. The SMILES string of the molecule is COCc1nc(C)sc1-c1n[nH]c(=S)n1CC(C)C. The van der Waals surface area contributed by atoms with E-state index in [0.29, 0.717) is 17.3 Å². The summed E-state index contributed by atoms with van der Waals surface area (Å²) in [6.07, 6.45) is 0. The van der Waals surface area contributed by atoms with E-state index in [4.69, 9.17) is 17.0 Å². The Morgan fingerprint density at radius 1 is 1.47 bits per heavy atom. The Kier molecular flexibility index (Phi) is 4.49. The van der Waals surface area contributed by atoms with Gasteiger partial charge in [0.15, 0.2) is 10.6 Å². The van der Waals surface area contributed by atoms with E-state index in [9.17, 15) is 0 Å². The lowest BCUT2D eigenvalue weighted by molar-refractivity contribution is 0.182. The first kappa shape index (κ1) is 14.4. The van der Waals surface area contributed by atoms with E-state index in [1.165, 1.54) is 0 Å². The maximum absolute atomic E-state index is 5.30.